The molecule has 0 spiro atoms. The van der Waals surface area contributed by atoms with E-state index in [0.29, 0.717) is 16.5 Å². The van der Waals surface area contributed by atoms with E-state index in [0.717, 1.165) is 11.3 Å². The van der Waals surface area contributed by atoms with Gasteiger partial charge in [0.25, 0.3) is 0 Å². The molecule has 0 aliphatic heterocycles. The van der Waals surface area contributed by atoms with Gasteiger partial charge in [0.05, 0.1) is 5.02 Å². The number of aromatic nitrogens is 2. The number of benzene rings is 1. The molecule has 0 saturated carbocycles. The summed E-state index contributed by atoms with van der Waals surface area (Å²) in [5, 5.41) is 0.650. The van der Waals surface area contributed by atoms with Gasteiger partial charge in [-0.05, 0) is 32.0 Å². The molecule has 2 rings (SSSR count). The van der Waals surface area contributed by atoms with Gasteiger partial charge in [0.2, 0.25) is 0 Å². The SMILES string of the molecule is Cc1nc(-c2ccc(F)cc2Cl)nc(Cl)c1C. The highest BCUT2D eigenvalue weighted by Crippen LogP contribution is 2.28. The monoisotopic (exact) mass is 270 g/mol. The van der Waals surface area contributed by atoms with Crippen molar-refractivity contribution in [1.29, 1.82) is 0 Å². The molecule has 0 saturated heterocycles. The molecule has 0 bridgehead atoms. The van der Waals surface area contributed by atoms with Crippen LogP contribution in [-0.2, 0) is 0 Å². The zero-order chi connectivity index (χ0) is 12.6. The van der Waals surface area contributed by atoms with Gasteiger partial charge in [0.1, 0.15) is 11.0 Å². The van der Waals surface area contributed by atoms with E-state index in [1.165, 1.54) is 18.2 Å². The smallest absolute Gasteiger partial charge is 0.162 e. The maximum Gasteiger partial charge on any atom is 0.162 e. The predicted molar refractivity (Wildman–Crippen MR) is 66.9 cm³/mol. The Kier molecular flexibility index (Phi) is 3.31. The Bertz CT molecular complexity index is 562. The van der Waals surface area contributed by atoms with Crippen LogP contribution >= 0.6 is 23.2 Å². The summed E-state index contributed by atoms with van der Waals surface area (Å²) < 4.78 is 12.9. The summed E-state index contributed by atoms with van der Waals surface area (Å²) in [6.07, 6.45) is 0. The summed E-state index contributed by atoms with van der Waals surface area (Å²) in [6.45, 7) is 3.68. The van der Waals surface area contributed by atoms with Crippen molar-refractivity contribution in [1.82, 2.24) is 9.97 Å². The number of hydrogen-bond acceptors (Lipinski definition) is 2. The number of halogens is 3. The molecule has 0 fully saturated rings. The lowest BCUT2D eigenvalue weighted by molar-refractivity contribution is 0.628. The molecule has 1 aromatic carbocycles. The highest BCUT2D eigenvalue weighted by molar-refractivity contribution is 6.33. The van der Waals surface area contributed by atoms with Crippen molar-refractivity contribution in [3.8, 4) is 11.4 Å². The van der Waals surface area contributed by atoms with Gasteiger partial charge in [-0.3, -0.25) is 0 Å². The van der Waals surface area contributed by atoms with Crippen molar-refractivity contribution in [2.75, 3.05) is 0 Å². The average molecular weight is 271 g/mol. The molecule has 0 unspecified atom stereocenters. The second-order valence-electron chi connectivity index (χ2n) is 3.67. The van der Waals surface area contributed by atoms with E-state index >= 15 is 0 Å². The lowest BCUT2D eigenvalue weighted by Gasteiger charge is -2.07. The minimum Gasteiger partial charge on any atom is -0.233 e. The molecular weight excluding hydrogens is 262 g/mol. The first-order valence-electron chi connectivity index (χ1n) is 4.95. The molecule has 1 heterocycles. The van der Waals surface area contributed by atoms with Crippen molar-refractivity contribution in [3.63, 3.8) is 0 Å². The maximum absolute atomic E-state index is 12.9. The van der Waals surface area contributed by atoms with Crippen LogP contribution in [0.4, 0.5) is 4.39 Å². The van der Waals surface area contributed by atoms with Crippen molar-refractivity contribution >= 4 is 23.2 Å². The number of rotatable bonds is 1. The largest absolute Gasteiger partial charge is 0.233 e. The van der Waals surface area contributed by atoms with Crippen LogP contribution in [0.3, 0.4) is 0 Å². The molecule has 2 aromatic rings. The summed E-state index contributed by atoms with van der Waals surface area (Å²) >= 11 is 11.9. The Morgan fingerprint density at radius 3 is 2.41 bits per heavy atom. The van der Waals surface area contributed by atoms with Gasteiger partial charge in [0, 0.05) is 16.8 Å². The second kappa shape index (κ2) is 4.59. The van der Waals surface area contributed by atoms with Crippen LogP contribution in [0.1, 0.15) is 11.3 Å². The first kappa shape index (κ1) is 12.3. The van der Waals surface area contributed by atoms with Crippen LogP contribution in [-0.4, -0.2) is 9.97 Å². The summed E-state index contributed by atoms with van der Waals surface area (Å²) in [5.74, 6) is 0.0109. The first-order valence-corrected chi connectivity index (χ1v) is 5.71. The van der Waals surface area contributed by atoms with Gasteiger partial charge in [0.15, 0.2) is 5.82 Å². The average Bonchev–Trinajstić information content (AvgIpc) is 2.25. The highest BCUT2D eigenvalue weighted by Gasteiger charge is 2.11. The van der Waals surface area contributed by atoms with Crippen molar-refractivity contribution in [3.05, 3.63) is 45.4 Å². The third-order valence-corrected chi connectivity index (χ3v) is 3.18. The molecule has 0 aliphatic rings. The molecule has 0 radical (unpaired) electrons. The van der Waals surface area contributed by atoms with Gasteiger partial charge < -0.3 is 0 Å². The summed E-state index contributed by atoms with van der Waals surface area (Å²) in [5.41, 5.74) is 2.17. The Morgan fingerprint density at radius 2 is 1.82 bits per heavy atom. The second-order valence-corrected chi connectivity index (χ2v) is 4.44. The van der Waals surface area contributed by atoms with Crippen LogP contribution < -0.4 is 0 Å². The molecule has 17 heavy (non-hydrogen) atoms. The molecule has 1 aromatic heterocycles. The van der Waals surface area contributed by atoms with Crippen LogP contribution in [0.2, 0.25) is 10.2 Å². The third kappa shape index (κ3) is 2.40. The van der Waals surface area contributed by atoms with Gasteiger partial charge in [-0.2, -0.15) is 0 Å². The molecule has 0 atom stereocenters. The minimum atomic E-state index is -0.395. The molecule has 88 valence electrons. The molecule has 5 heteroatoms. The van der Waals surface area contributed by atoms with E-state index in [2.05, 4.69) is 9.97 Å². The molecule has 0 amide bonds. The van der Waals surface area contributed by atoms with Crippen molar-refractivity contribution in [2.45, 2.75) is 13.8 Å². The van der Waals surface area contributed by atoms with Crippen molar-refractivity contribution in [2.24, 2.45) is 0 Å². The Balaban J connectivity index is 2.61. The number of aryl methyl sites for hydroxylation is 1. The highest BCUT2D eigenvalue weighted by atomic mass is 35.5. The van der Waals surface area contributed by atoms with Crippen LogP contribution in [0.5, 0.6) is 0 Å². The Hall–Kier alpha value is -1.19. The molecule has 0 aliphatic carbocycles. The normalized spacial score (nSPS) is 10.6. The number of nitrogens with zero attached hydrogens (tertiary/aromatic N) is 2. The fraction of sp³-hybridized carbons (Fsp3) is 0.167. The van der Waals surface area contributed by atoms with E-state index in [-0.39, 0.29) is 5.02 Å². The summed E-state index contributed by atoms with van der Waals surface area (Å²) in [6, 6.07) is 4.08. The predicted octanol–water partition coefficient (Wildman–Crippen LogP) is 4.21. The van der Waals surface area contributed by atoms with Gasteiger partial charge in [-0.1, -0.05) is 23.2 Å². The van der Waals surface area contributed by atoms with E-state index in [9.17, 15) is 4.39 Å². The molecular formula is C12H9Cl2FN2. The van der Waals surface area contributed by atoms with Crippen molar-refractivity contribution < 1.29 is 4.39 Å². The Morgan fingerprint density at radius 1 is 1.12 bits per heavy atom. The topological polar surface area (TPSA) is 25.8 Å². The molecule has 0 N–H and O–H groups in total. The number of hydrogen-bond donors (Lipinski definition) is 0. The van der Waals surface area contributed by atoms with Crippen LogP contribution in [0, 0.1) is 19.7 Å². The van der Waals surface area contributed by atoms with Gasteiger partial charge >= 0.3 is 0 Å². The molecule has 2 nitrogen and oxygen atoms in total. The fourth-order valence-electron chi connectivity index (χ4n) is 1.39. The lowest BCUT2D eigenvalue weighted by Crippen LogP contribution is -1.97. The summed E-state index contributed by atoms with van der Waals surface area (Å²) in [7, 11) is 0. The minimum absolute atomic E-state index is 0.268. The summed E-state index contributed by atoms with van der Waals surface area (Å²) in [4.78, 5) is 8.43. The zero-order valence-electron chi connectivity index (χ0n) is 9.26. The van der Waals surface area contributed by atoms with Gasteiger partial charge in [-0.15, -0.1) is 0 Å². The Labute approximate surface area is 108 Å². The maximum atomic E-state index is 12.9. The van der Waals surface area contributed by atoms with Crippen LogP contribution in [0.15, 0.2) is 18.2 Å². The van der Waals surface area contributed by atoms with Gasteiger partial charge in [-0.25, -0.2) is 14.4 Å². The third-order valence-electron chi connectivity index (χ3n) is 2.50. The quantitative estimate of drug-likeness (QED) is 0.726. The van der Waals surface area contributed by atoms with E-state index in [1.807, 2.05) is 13.8 Å². The lowest BCUT2D eigenvalue weighted by atomic mass is 10.2. The van der Waals surface area contributed by atoms with Crippen LogP contribution in [0.25, 0.3) is 11.4 Å². The standard InChI is InChI=1S/C12H9Cl2FN2/c1-6-7(2)16-12(17-11(6)14)9-4-3-8(15)5-10(9)13/h3-5H,1-2H3. The van der Waals surface area contributed by atoms with E-state index < -0.39 is 5.82 Å². The fourth-order valence-corrected chi connectivity index (χ4v) is 1.85. The van der Waals surface area contributed by atoms with E-state index in [4.69, 9.17) is 23.2 Å². The first-order chi connectivity index (χ1) is 7.99. The zero-order valence-corrected chi connectivity index (χ0v) is 10.8. The van der Waals surface area contributed by atoms with E-state index in [1.54, 1.807) is 0 Å².